The fourth-order valence-corrected chi connectivity index (χ4v) is 1.98. The van der Waals surface area contributed by atoms with Crippen LogP contribution in [0, 0.1) is 6.92 Å². The Balaban J connectivity index is 2.35. The molecule has 1 rings (SSSR count). The van der Waals surface area contributed by atoms with E-state index in [2.05, 4.69) is 5.32 Å². The monoisotopic (exact) mass is 281 g/mol. The van der Waals surface area contributed by atoms with Crippen LogP contribution in [0.3, 0.4) is 0 Å². The molecule has 0 amide bonds. The van der Waals surface area contributed by atoms with Gasteiger partial charge in [-0.15, -0.1) is 0 Å². The van der Waals surface area contributed by atoms with E-state index in [9.17, 15) is 5.11 Å². The number of aryl methyl sites for hydroxylation is 1. The molecule has 0 saturated carbocycles. The van der Waals surface area contributed by atoms with Crippen molar-refractivity contribution >= 4 is 0 Å². The van der Waals surface area contributed by atoms with Gasteiger partial charge in [0.2, 0.25) is 0 Å². The van der Waals surface area contributed by atoms with Crippen LogP contribution in [0.5, 0.6) is 5.75 Å². The van der Waals surface area contributed by atoms with E-state index in [1.54, 1.807) is 7.11 Å². The number of nitrogens with one attached hydrogen (secondary N) is 1. The van der Waals surface area contributed by atoms with E-state index in [-0.39, 0.29) is 6.10 Å². The summed E-state index contributed by atoms with van der Waals surface area (Å²) in [6.07, 6.45) is 0.656. The minimum atomic E-state index is -0.559. The molecule has 2 N–H and O–H groups in total. The lowest BCUT2D eigenvalue weighted by atomic mass is 10.1. The van der Waals surface area contributed by atoms with E-state index in [1.807, 2.05) is 39.0 Å². The number of aliphatic hydroxyl groups excluding tert-OH is 1. The molecular formula is C16H27NO3. The minimum Gasteiger partial charge on any atom is -0.496 e. The molecule has 1 unspecified atom stereocenters. The second-order valence-electron chi connectivity index (χ2n) is 5.24. The summed E-state index contributed by atoms with van der Waals surface area (Å²) in [4.78, 5) is 0. The number of aliphatic hydroxyl groups is 1. The average Bonchev–Trinajstić information content (AvgIpc) is 2.42. The zero-order valence-electron chi connectivity index (χ0n) is 13.0. The molecule has 0 aliphatic heterocycles. The maximum atomic E-state index is 10.2. The van der Waals surface area contributed by atoms with Crippen LogP contribution in [-0.2, 0) is 4.74 Å². The molecule has 20 heavy (non-hydrogen) atoms. The van der Waals surface area contributed by atoms with Crippen molar-refractivity contribution in [3.05, 3.63) is 29.3 Å². The highest BCUT2D eigenvalue weighted by Gasteiger charge is 2.12. The standard InChI is InChI=1S/C16H27NO3/c1-12(2)20-9-5-8-17-11-15(18)14-10-13(3)6-7-16(14)19-4/h6-7,10,12,15,17-18H,5,8-9,11H2,1-4H3. The Kier molecular flexibility index (Phi) is 7.59. The molecule has 0 aliphatic carbocycles. The second-order valence-corrected chi connectivity index (χ2v) is 5.24. The van der Waals surface area contributed by atoms with E-state index < -0.39 is 6.10 Å². The van der Waals surface area contributed by atoms with Gasteiger partial charge in [0, 0.05) is 18.7 Å². The highest BCUT2D eigenvalue weighted by atomic mass is 16.5. The summed E-state index contributed by atoms with van der Waals surface area (Å²) in [6.45, 7) is 8.16. The van der Waals surface area contributed by atoms with Gasteiger partial charge in [-0.25, -0.2) is 0 Å². The summed E-state index contributed by atoms with van der Waals surface area (Å²) in [6, 6.07) is 5.84. The van der Waals surface area contributed by atoms with Gasteiger partial charge >= 0.3 is 0 Å². The van der Waals surface area contributed by atoms with Gasteiger partial charge in [0.1, 0.15) is 5.75 Å². The van der Waals surface area contributed by atoms with Gasteiger partial charge in [-0.05, 0) is 45.9 Å². The third kappa shape index (κ3) is 5.90. The van der Waals surface area contributed by atoms with Crippen LogP contribution in [0.2, 0.25) is 0 Å². The van der Waals surface area contributed by atoms with Crippen LogP contribution >= 0.6 is 0 Å². The number of hydrogen-bond acceptors (Lipinski definition) is 4. The first kappa shape index (κ1) is 17.0. The van der Waals surface area contributed by atoms with Crippen molar-refractivity contribution in [3.63, 3.8) is 0 Å². The highest BCUT2D eigenvalue weighted by molar-refractivity contribution is 5.38. The van der Waals surface area contributed by atoms with Crippen LogP contribution in [0.1, 0.15) is 37.5 Å². The lowest BCUT2D eigenvalue weighted by Crippen LogP contribution is -2.24. The maximum absolute atomic E-state index is 10.2. The Morgan fingerprint density at radius 2 is 2.05 bits per heavy atom. The summed E-state index contributed by atoms with van der Waals surface area (Å²) in [7, 11) is 1.62. The number of ether oxygens (including phenoxy) is 2. The van der Waals surface area contributed by atoms with Gasteiger partial charge in [-0.1, -0.05) is 11.6 Å². The van der Waals surface area contributed by atoms with Crippen molar-refractivity contribution < 1.29 is 14.6 Å². The summed E-state index contributed by atoms with van der Waals surface area (Å²) in [5, 5.41) is 13.5. The summed E-state index contributed by atoms with van der Waals surface area (Å²) in [5.74, 6) is 0.730. The molecule has 4 heteroatoms. The zero-order chi connectivity index (χ0) is 15.0. The zero-order valence-corrected chi connectivity index (χ0v) is 13.0. The fourth-order valence-electron chi connectivity index (χ4n) is 1.98. The van der Waals surface area contributed by atoms with Crippen LogP contribution in [0.25, 0.3) is 0 Å². The van der Waals surface area contributed by atoms with E-state index in [0.717, 1.165) is 36.4 Å². The Hall–Kier alpha value is -1.10. The molecule has 114 valence electrons. The Bertz CT molecular complexity index is 393. The Morgan fingerprint density at radius 1 is 1.30 bits per heavy atom. The van der Waals surface area contributed by atoms with Crippen molar-refractivity contribution in [2.45, 2.75) is 39.4 Å². The first-order valence-electron chi connectivity index (χ1n) is 7.19. The minimum absolute atomic E-state index is 0.275. The van der Waals surface area contributed by atoms with Crippen molar-refractivity contribution in [1.82, 2.24) is 5.32 Å². The molecule has 0 saturated heterocycles. The second kappa shape index (κ2) is 8.95. The molecule has 0 spiro atoms. The third-order valence-corrected chi connectivity index (χ3v) is 3.03. The average molecular weight is 281 g/mol. The topological polar surface area (TPSA) is 50.7 Å². The summed E-state index contributed by atoms with van der Waals surface area (Å²) >= 11 is 0. The molecule has 0 radical (unpaired) electrons. The number of hydrogen-bond donors (Lipinski definition) is 2. The lowest BCUT2D eigenvalue weighted by molar-refractivity contribution is 0.0763. The van der Waals surface area contributed by atoms with Crippen LogP contribution in [0.4, 0.5) is 0 Å². The number of methoxy groups -OCH3 is 1. The van der Waals surface area contributed by atoms with Crippen molar-refractivity contribution in [1.29, 1.82) is 0 Å². The molecule has 0 aromatic heterocycles. The van der Waals surface area contributed by atoms with E-state index in [0.29, 0.717) is 6.54 Å². The highest BCUT2D eigenvalue weighted by Crippen LogP contribution is 2.25. The summed E-state index contributed by atoms with van der Waals surface area (Å²) < 4.78 is 10.7. The predicted octanol–water partition coefficient (Wildman–Crippen LogP) is 2.44. The van der Waals surface area contributed by atoms with E-state index in [4.69, 9.17) is 9.47 Å². The first-order chi connectivity index (χ1) is 9.54. The molecule has 1 atom stereocenters. The van der Waals surface area contributed by atoms with Gasteiger partial charge in [0.25, 0.3) is 0 Å². The number of rotatable bonds is 9. The Morgan fingerprint density at radius 3 is 2.70 bits per heavy atom. The fraction of sp³-hybridized carbons (Fsp3) is 0.625. The molecule has 1 aromatic carbocycles. The van der Waals surface area contributed by atoms with E-state index in [1.165, 1.54) is 0 Å². The maximum Gasteiger partial charge on any atom is 0.124 e. The quantitative estimate of drug-likeness (QED) is 0.683. The largest absolute Gasteiger partial charge is 0.496 e. The number of benzene rings is 1. The first-order valence-corrected chi connectivity index (χ1v) is 7.19. The molecule has 4 nitrogen and oxygen atoms in total. The third-order valence-electron chi connectivity index (χ3n) is 3.03. The van der Waals surface area contributed by atoms with Crippen molar-refractivity contribution in [2.75, 3.05) is 26.8 Å². The van der Waals surface area contributed by atoms with Crippen LogP contribution < -0.4 is 10.1 Å². The van der Waals surface area contributed by atoms with Crippen LogP contribution in [0.15, 0.2) is 18.2 Å². The smallest absolute Gasteiger partial charge is 0.124 e. The van der Waals surface area contributed by atoms with Gasteiger partial charge in [0.15, 0.2) is 0 Å². The molecule has 0 aliphatic rings. The lowest BCUT2D eigenvalue weighted by Gasteiger charge is -2.16. The SMILES string of the molecule is COc1ccc(C)cc1C(O)CNCCCOC(C)C. The normalized spacial score (nSPS) is 12.7. The van der Waals surface area contributed by atoms with Gasteiger partial charge < -0.3 is 19.9 Å². The predicted molar refractivity (Wildman–Crippen MR) is 81.3 cm³/mol. The van der Waals surface area contributed by atoms with Crippen molar-refractivity contribution in [2.24, 2.45) is 0 Å². The van der Waals surface area contributed by atoms with Crippen molar-refractivity contribution in [3.8, 4) is 5.75 Å². The van der Waals surface area contributed by atoms with Crippen LogP contribution in [-0.4, -0.2) is 38.0 Å². The summed E-state index contributed by atoms with van der Waals surface area (Å²) in [5.41, 5.74) is 1.95. The molecule has 0 fully saturated rings. The van der Waals surface area contributed by atoms with E-state index >= 15 is 0 Å². The molecule has 0 bridgehead atoms. The molecule has 0 heterocycles. The van der Waals surface area contributed by atoms with Gasteiger partial charge in [0.05, 0.1) is 19.3 Å². The molecular weight excluding hydrogens is 254 g/mol. The Labute approximate surface area is 122 Å². The molecule has 1 aromatic rings. The van der Waals surface area contributed by atoms with Gasteiger partial charge in [-0.3, -0.25) is 0 Å². The van der Waals surface area contributed by atoms with Gasteiger partial charge in [-0.2, -0.15) is 0 Å².